The van der Waals surface area contributed by atoms with Crippen molar-refractivity contribution in [2.24, 2.45) is 0 Å². The van der Waals surface area contributed by atoms with Crippen LogP contribution in [0.15, 0.2) is 0 Å². The summed E-state index contributed by atoms with van der Waals surface area (Å²) in [5.41, 5.74) is -1.02. The molecule has 1 aliphatic carbocycles. The molecule has 1 aliphatic rings. The number of rotatable bonds is 5. The molecular weight excluding hydrogens is 250 g/mol. The molecule has 1 rings (SSSR count). The van der Waals surface area contributed by atoms with E-state index < -0.39 is 11.5 Å². The number of thioether (sulfide) groups is 1. The van der Waals surface area contributed by atoms with Crippen LogP contribution < -0.4 is 5.32 Å². The van der Waals surface area contributed by atoms with Crippen LogP contribution in [-0.4, -0.2) is 34.0 Å². The van der Waals surface area contributed by atoms with E-state index in [0.29, 0.717) is 19.3 Å². The van der Waals surface area contributed by atoms with E-state index in [1.54, 1.807) is 11.8 Å². The molecule has 0 bridgehead atoms. The minimum Gasteiger partial charge on any atom is -0.480 e. The third-order valence-electron chi connectivity index (χ3n) is 3.62. The van der Waals surface area contributed by atoms with Crippen molar-refractivity contribution in [3.8, 4) is 0 Å². The summed E-state index contributed by atoms with van der Waals surface area (Å²) in [4.78, 5) is 23.4. The van der Waals surface area contributed by atoms with E-state index >= 15 is 0 Å². The van der Waals surface area contributed by atoms with Crippen molar-refractivity contribution < 1.29 is 14.7 Å². The molecule has 104 valence electrons. The highest BCUT2D eigenvalue weighted by atomic mass is 32.2. The molecule has 1 unspecified atom stereocenters. The summed E-state index contributed by atoms with van der Waals surface area (Å²) in [6.45, 7) is 1.98. The zero-order valence-corrected chi connectivity index (χ0v) is 12.0. The molecule has 1 atom stereocenters. The molecule has 18 heavy (non-hydrogen) atoms. The fraction of sp³-hybridized carbons (Fsp3) is 0.846. The van der Waals surface area contributed by atoms with Gasteiger partial charge in [0.1, 0.15) is 5.54 Å². The summed E-state index contributed by atoms with van der Waals surface area (Å²) in [5, 5.41) is 12.4. The number of aliphatic carboxylic acids is 1. The van der Waals surface area contributed by atoms with E-state index in [2.05, 4.69) is 5.32 Å². The molecule has 0 radical (unpaired) electrons. The van der Waals surface area contributed by atoms with Crippen molar-refractivity contribution in [1.29, 1.82) is 0 Å². The van der Waals surface area contributed by atoms with E-state index in [1.807, 2.05) is 13.2 Å². The van der Waals surface area contributed by atoms with E-state index in [4.69, 9.17) is 0 Å². The van der Waals surface area contributed by atoms with Gasteiger partial charge in [0, 0.05) is 11.7 Å². The molecular formula is C13H23NO3S. The van der Waals surface area contributed by atoms with Crippen LogP contribution in [0.1, 0.15) is 51.9 Å². The molecule has 1 fully saturated rings. The Bertz CT molecular complexity index is 299. The topological polar surface area (TPSA) is 66.4 Å². The molecule has 0 spiro atoms. The van der Waals surface area contributed by atoms with Gasteiger partial charge in [-0.05, 0) is 19.1 Å². The number of carboxylic acid groups (broad SMARTS) is 1. The Balaban J connectivity index is 2.67. The lowest BCUT2D eigenvalue weighted by molar-refractivity contribution is -0.148. The molecule has 0 aliphatic heterocycles. The van der Waals surface area contributed by atoms with Crippen molar-refractivity contribution >= 4 is 23.6 Å². The lowest BCUT2D eigenvalue weighted by atomic mass is 9.90. The normalized spacial score (nSPS) is 20.8. The Morgan fingerprint density at radius 2 is 1.83 bits per heavy atom. The van der Waals surface area contributed by atoms with Gasteiger partial charge >= 0.3 is 5.97 Å². The maximum Gasteiger partial charge on any atom is 0.329 e. The van der Waals surface area contributed by atoms with Crippen LogP contribution in [0.25, 0.3) is 0 Å². The van der Waals surface area contributed by atoms with Gasteiger partial charge in [-0.2, -0.15) is 11.8 Å². The Labute approximate surface area is 113 Å². The molecule has 0 saturated heterocycles. The van der Waals surface area contributed by atoms with Gasteiger partial charge in [0.15, 0.2) is 0 Å². The summed E-state index contributed by atoms with van der Waals surface area (Å²) < 4.78 is 0. The molecule has 4 nitrogen and oxygen atoms in total. The van der Waals surface area contributed by atoms with Gasteiger partial charge in [0.05, 0.1) is 0 Å². The quantitative estimate of drug-likeness (QED) is 0.755. The number of hydrogen-bond donors (Lipinski definition) is 2. The van der Waals surface area contributed by atoms with E-state index in [9.17, 15) is 14.7 Å². The number of carbonyl (C=O) groups is 2. The predicted molar refractivity (Wildman–Crippen MR) is 73.8 cm³/mol. The maximum absolute atomic E-state index is 11.9. The van der Waals surface area contributed by atoms with Crippen LogP contribution >= 0.6 is 11.8 Å². The first-order valence-corrected chi connectivity index (χ1v) is 7.86. The molecule has 1 amide bonds. The van der Waals surface area contributed by atoms with Gasteiger partial charge in [-0.15, -0.1) is 0 Å². The highest BCUT2D eigenvalue weighted by Gasteiger charge is 2.39. The monoisotopic (exact) mass is 273 g/mol. The SMILES string of the molecule is CSC(C)CC(=O)NC1(C(=O)O)CCCCCC1. The first kappa shape index (κ1) is 15.3. The van der Waals surface area contributed by atoms with Gasteiger partial charge in [-0.3, -0.25) is 4.79 Å². The summed E-state index contributed by atoms with van der Waals surface area (Å²) in [7, 11) is 0. The van der Waals surface area contributed by atoms with E-state index in [1.165, 1.54) is 0 Å². The van der Waals surface area contributed by atoms with Crippen LogP contribution in [0, 0.1) is 0 Å². The van der Waals surface area contributed by atoms with Crippen molar-refractivity contribution in [2.45, 2.75) is 62.7 Å². The van der Waals surface area contributed by atoms with Crippen LogP contribution in [0.5, 0.6) is 0 Å². The molecule has 0 aromatic rings. The predicted octanol–water partition coefficient (Wildman–Crippen LogP) is 2.42. The fourth-order valence-corrected chi connectivity index (χ4v) is 2.70. The van der Waals surface area contributed by atoms with Crippen molar-refractivity contribution in [2.75, 3.05) is 6.26 Å². The van der Waals surface area contributed by atoms with E-state index in [-0.39, 0.29) is 11.2 Å². The minimum absolute atomic E-state index is 0.138. The molecule has 0 aromatic heterocycles. The van der Waals surface area contributed by atoms with E-state index in [0.717, 1.165) is 25.7 Å². The smallest absolute Gasteiger partial charge is 0.329 e. The highest BCUT2D eigenvalue weighted by Crippen LogP contribution is 2.28. The summed E-state index contributed by atoms with van der Waals surface area (Å²) in [5.74, 6) is -1.02. The zero-order chi connectivity index (χ0) is 13.6. The van der Waals surface area contributed by atoms with Crippen LogP contribution in [0.2, 0.25) is 0 Å². The third-order valence-corrected chi connectivity index (χ3v) is 4.59. The zero-order valence-electron chi connectivity index (χ0n) is 11.2. The Kier molecular flexibility index (Phi) is 5.99. The van der Waals surface area contributed by atoms with Gasteiger partial charge in [-0.1, -0.05) is 32.6 Å². The second-order valence-electron chi connectivity index (χ2n) is 5.10. The van der Waals surface area contributed by atoms with Gasteiger partial charge in [0.2, 0.25) is 5.91 Å². The van der Waals surface area contributed by atoms with Gasteiger partial charge in [-0.25, -0.2) is 4.79 Å². The summed E-state index contributed by atoms with van der Waals surface area (Å²) >= 11 is 1.62. The fourth-order valence-electron chi connectivity index (χ4n) is 2.39. The lowest BCUT2D eigenvalue weighted by Gasteiger charge is -2.29. The van der Waals surface area contributed by atoms with Crippen LogP contribution in [-0.2, 0) is 9.59 Å². The third kappa shape index (κ3) is 4.19. The largest absolute Gasteiger partial charge is 0.480 e. The Morgan fingerprint density at radius 1 is 1.28 bits per heavy atom. The van der Waals surface area contributed by atoms with Crippen molar-refractivity contribution in [3.63, 3.8) is 0 Å². The van der Waals surface area contributed by atoms with Crippen molar-refractivity contribution in [1.82, 2.24) is 5.32 Å². The number of hydrogen-bond acceptors (Lipinski definition) is 3. The molecule has 1 saturated carbocycles. The number of nitrogens with one attached hydrogen (secondary N) is 1. The number of amides is 1. The molecule has 5 heteroatoms. The van der Waals surface area contributed by atoms with Gasteiger partial charge in [0.25, 0.3) is 0 Å². The molecule has 0 aromatic carbocycles. The first-order valence-electron chi connectivity index (χ1n) is 6.57. The second-order valence-corrected chi connectivity index (χ2v) is 6.38. The average Bonchev–Trinajstić information content (AvgIpc) is 2.55. The Hall–Kier alpha value is -0.710. The van der Waals surface area contributed by atoms with Gasteiger partial charge < -0.3 is 10.4 Å². The van der Waals surface area contributed by atoms with Crippen LogP contribution in [0.4, 0.5) is 0 Å². The Morgan fingerprint density at radius 3 is 2.28 bits per heavy atom. The second kappa shape index (κ2) is 7.02. The summed E-state index contributed by atoms with van der Waals surface area (Å²) in [6.07, 6.45) is 7.34. The molecule has 2 N–H and O–H groups in total. The lowest BCUT2D eigenvalue weighted by Crippen LogP contribution is -2.54. The average molecular weight is 273 g/mol. The molecule has 0 heterocycles. The van der Waals surface area contributed by atoms with Crippen LogP contribution in [0.3, 0.4) is 0 Å². The number of carboxylic acids is 1. The standard InChI is InChI=1S/C13H23NO3S/c1-10(18-2)9-11(15)14-13(12(16)17)7-5-3-4-6-8-13/h10H,3-9H2,1-2H3,(H,14,15)(H,16,17). The maximum atomic E-state index is 11.9. The number of carbonyl (C=O) groups excluding carboxylic acids is 1. The highest BCUT2D eigenvalue weighted by molar-refractivity contribution is 7.99. The first-order chi connectivity index (χ1) is 8.50. The van der Waals surface area contributed by atoms with Crippen molar-refractivity contribution in [3.05, 3.63) is 0 Å². The minimum atomic E-state index is -1.02. The summed E-state index contributed by atoms with van der Waals surface area (Å²) in [6, 6.07) is 0.